The summed E-state index contributed by atoms with van der Waals surface area (Å²) in [6.07, 6.45) is 8.30. The van der Waals surface area contributed by atoms with E-state index in [0.717, 1.165) is 49.0 Å². The van der Waals surface area contributed by atoms with Crippen molar-refractivity contribution in [3.8, 4) is 11.5 Å². The highest BCUT2D eigenvalue weighted by Crippen LogP contribution is 2.49. The summed E-state index contributed by atoms with van der Waals surface area (Å²) in [5.74, 6) is 1.17. The van der Waals surface area contributed by atoms with E-state index in [9.17, 15) is 4.79 Å². The number of methoxy groups -OCH3 is 1. The summed E-state index contributed by atoms with van der Waals surface area (Å²) in [6, 6.07) is 1.86. The fourth-order valence-corrected chi connectivity index (χ4v) is 5.23. The maximum Gasteiger partial charge on any atom is 0.342 e. The fourth-order valence-electron chi connectivity index (χ4n) is 5.23. The number of carbonyl (C=O) groups is 1. The van der Waals surface area contributed by atoms with Crippen LogP contribution in [0.5, 0.6) is 11.5 Å². The van der Waals surface area contributed by atoms with E-state index in [-0.39, 0.29) is 18.0 Å². The monoisotopic (exact) mass is 402 g/mol. The van der Waals surface area contributed by atoms with Gasteiger partial charge in [0.15, 0.2) is 0 Å². The molecule has 0 saturated carbocycles. The van der Waals surface area contributed by atoms with Crippen molar-refractivity contribution < 1.29 is 23.7 Å². The van der Waals surface area contributed by atoms with Crippen LogP contribution in [0.15, 0.2) is 6.07 Å². The predicted octanol–water partition coefficient (Wildman–Crippen LogP) is 5.07. The lowest BCUT2D eigenvalue weighted by Gasteiger charge is -2.39. The van der Waals surface area contributed by atoms with Crippen LogP contribution in [-0.4, -0.2) is 31.6 Å². The Morgan fingerprint density at radius 2 is 1.86 bits per heavy atom. The molecule has 160 valence electrons. The highest BCUT2D eigenvalue weighted by molar-refractivity contribution is 5.95. The molecule has 0 bridgehead atoms. The van der Waals surface area contributed by atoms with Crippen LogP contribution >= 0.6 is 0 Å². The number of carbonyl (C=O) groups excluding carboxylic acids is 1. The molecule has 1 unspecified atom stereocenters. The van der Waals surface area contributed by atoms with Gasteiger partial charge in [0.05, 0.1) is 19.8 Å². The van der Waals surface area contributed by atoms with Crippen molar-refractivity contribution in [3.63, 3.8) is 0 Å². The van der Waals surface area contributed by atoms with Crippen molar-refractivity contribution in [1.82, 2.24) is 0 Å². The number of cyclic esters (lactones) is 1. The molecule has 5 heteroatoms. The number of ether oxygens (including phenoxy) is 4. The Morgan fingerprint density at radius 3 is 2.66 bits per heavy atom. The van der Waals surface area contributed by atoms with Crippen LogP contribution in [0.2, 0.25) is 0 Å². The first-order chi connectivity index (χ1) is 13.9. The van der Waals surface area contributed by atoms with E-state index < -0.39 is 5.79 Å². The average Bonchev–Trinajstić information content (AvgIpc) is 2.97. The van der Waals surface area contributed by atoms with Gasteiger partial charge in [-0.05, 0) is 56.1 Å². The Morgan fingerprint density at radius 1 is 1.10 bits per heavy atom. The molecule has 1 aromatic rings. The zero-order chi connectivity index (χ0) is 20.6. The average molecular weight is 403 g/mol. The number of esters is 1. The molecule has 1 fully saturated rings. The molecule has 29 heavy (non-hydrogen) atoms. The largest absolute Gasteiger partial charge is 0.496 e. The van der Waals surface area contributed by atoms with Crippen molar-refractivity contribution in [1.29, 1.82) is 0 Å². The van der Waals surface area contributed by atoms with E-state index in [4.69, 9.17) is 18.9 Å². The van der Waals surface area contributed by atoms with Crippen molar-refractivity contribution >= 4 is 5.97 Å². The van der Waals surface area contributed by atoms with E-state index in [1.807, 2.05) is 19.9 Å². The summed E-state index contributed by atoms with van der Waals surface area (Å²) < 4.78 is 23.9. The molecule has 3 heterocycles. The number of rotatable bonds is 1. The predicted molar refractivity (Wildman–Crippen MR) is 111 cm³/mol. The lowest BCUT2D eigenvalue weighted by molar-refractivity contribution is -0.166. The third kappa shape index (κ3) is 3.86. The first-order valence-electron chi connectivity index (χ1n) is 11.2. The second-order valence-electron chi connectivity index (χ2n) is 9.15. The number of fused-ring (bicyclic) bond motifs is 4. The minimum Gasteiger partial charge on any atom is -0.496 e. The van der Waals surface area contributed by atoms with E-state index >= 15 is 0 Å². The summed E-state index contributed by atoms with van der Waals surface area (Å²) in [4.78, 5) is 13.2. The lowest BCUT2D eigenvalue weighted by atomic mass is 9.79. The molecule has 5 nitrogen and oxygen atoms in total. The van der Waals surface area contributed by atoms with Crippen LogP contribution < -0.4 is 9.47 Å². The topological polar surface area (TPSA) is 54.0 Å². The van der Waals surface area contributed by atoms with Gasteiger partial charge in [-0.2, -0.15) is 0 Å². The van der Waals surface area contributed by atoms with Crippen LogP contribution in [-0.2, 0) is 22.3 Å². The van der Waals surface area contributed by atoms with Crippen LogP contribution in [0.3, 0.4) is 0 Å². The van der Waals surface area contributed by atoms with Gasteiger partial charge < -0.3 is 18.9 Å². The normalized spacial score (nSPS) is 32.6. The molecule has 1 aromatic carbocycles. The van der Waals surface area contributed by atoms with Crippen molar-refractivity contribution in [3.05, 3.63) is 22.8 Å². The number of benzene rings is 1. The zero-order valence-corrected chi connectivity index (χ0v) is 18.2. The van der Waals surface area contributed by atoms with E-state index in [0.29, 0.717) is 23.8 Å². The van der Waals surface area contributed by atoms with Crippen LogP contribution in [0.4, 0.5) is 0 Å². The smallest absolute Gasteiger partial charge is 0.342 e. The third-order valence-electron chi connectivity index (χ3n) is 6.97. The standard InChI is InChI=1S/C24H34O5/c1-15-14-27-24(3)19(15)12-18-17-11-9-7-5-6-8-10-16(2)28-23(25)22(17)21(26-4)13-20(18)29-24/h13,15-16,19H,5-12,14H2,1-4H3/t15-,16-,19?,24+/m1/s1. The summed E-state index contributed by atoms with van der Waals surface area (Å²) in [5, 5.41) is 0. The van der Waals surface area contributed by atoms with Gasteiger partial charge in [-0.25, -0.2) is 4.79 Å². The van der Waals surface area contributed by atoms with Gasteiger partial charge in [0.2, 0.25) is 5.79 Å². The molecule has 0 N–H and O–H groups in total. The minimum atomic E-state index is -0.605. The molecule has 3 aliphatic rings. The van der Waals surface area contributed by atoms with Crippen molar-refractivity contribution in [2.75, 3.05) is 13.7 Å². The van der Waals surface area contributed by atoms with E-state index in [2.05, 4.69) is 6.92 Å². The van der Waals surface area contributed by atoms with Crippen molar-refractivity contribution in [2.24, 2.45) is 11.8 Å². The Hall–Kier alpha value is -1.75. The minimum absolute atomic E-state index is 0.0849. The summed E-state index contributed by atoms with van der Waals surface area (Å²) in [7, 11) is 1.61. The quantitative estimate of drug-likeness (QED) is 0.614. The number of hydrogen-bond acceptors (Lipinski definition) is 5. The second kappa shape index (κ2) is 8.17. The molecule has 0 aromatic heterocycles. The molecule has 0 amide bonds. The van der Waals surface area contributed by atoms with Crippen LogP contribution in [0.25, 0.3) is 0 Å². The molecule has 3 aliphatic heterocycles. The summed E-state index contributed by atoms with van der Waals surface area (Å²) >= 11 is 0. The van der Waals surface area contributed by atoms with Gasteiger partial charge in [-0.1, -0.05) is 26.2 Å². The zero-order valence-electron chi connectivity index (χ0n) is 18.2. The first-order valence-corrected chi connectivity index (χ1v) is 11.2. The maximum absolute atomic E-state index is 13.2. The van der Waals surface area contributed by atoms with Crippen molar-refractivity contribution in [2.45, 2.75) is 84.0 Å². The van der Waals surface area contributed by atoms with Gasteiger partial charge in [0.1, 0.15) is 17.1 Å². The van der Waals surface area contributed by atoms with Gasteiger partial charge in [-0.15, -0.1) is 0 Å². The number of hydrogen-bond donors (Lipinski definition) is 0. The lowest BCUT2D eigenvalue weighted by Crippen LogP contribution is -2.44. The SMILES string of the molecule is COc1cc2c(c3c1C(=O)O[C@H](C)CCCCCCC3)CC1[C@H](C)CO[C@@]1(C)O2. The summed E-state index contributed by atoms with van der Waals surface area (Å²) in [5.41, 5.74) is 2.79. The highest BCUT2D eigenvalue weighted by atomic mass is 16.7. The van der Waals surface area contributed by atoms with Crippen LogP contribution in [0.1, 0.15) is 80.8 Å². The Labute approximate surface area is 174 Å². The van der Waals surface area contributed by atoms with E-state index in [1.165, 1.54) is 19.3 Å². The van der Waals surface area contributed by atoms with Crippen LogP contribution in [0, 0.1) is 11.8 Å². The molecular formula is C24H34O5. The Balaban J connectivity index is 1.79. The maximum atomic E-state index is 13.2. The molecule has 0 radical (unpaired) electrons. The molecule has 0 spiro atoms. The van der Waals surface area contributed by atoms with E-state index in [1.54, 1.807) is 7.11 Å². The van der Waals surface area contributed by atoms with Gasteiger partial charge in [-0.3, -0.25) is 0 Å². The molecule has 1 saturated heterocycles. The third-order valence-corrected chi connectivity index (χ3v) is 6.97. The Kier molecular flexibility index (Phi) is 5.78. The Bertz CT molecular complexity index is 773. The molecule has 4 atom stereocenters. The van der Waals surface area contributed by atoms with Gasteiger partial charge in [0.25, 0.3) is 0 Å². The molecular weight excluding hydrogens is 368 g/mol. The molecule has 0 aliphatic carbocycles. The highest BCUT2D eigenvalue weighted by Gasteiger charge is 2.50. The first kappa shape index (κ1) is 20.5. The summed E-state index contributed by atoms with van der Waals surface area (Å²) in [6.45, 7) is 6.94. The van der Waals surface area contributed by atoms with Gasteiger partial charge in [0, 0.05) is 18.9 Å². The second-order valence-corrected chi connectivity index (χ2v) is 9.15. The van der Waals surface area contributed by atoms with Gasteiger partial charge >= 0.3 is 5.97 Å². The fraction of sp³-hybridized carbons (Fsp3) is 0.708. The molecule has 4 rings (SSSR count).